The van der Waals surface area contributed by atoms with Crippen molar-refractivity contribution in [1.29, 1.82) is 0 Å². The van der Waals surface area contributed by atoms with Gasteiger partial charge in [-0.3, -0.25) is 0 Å². The summed E-state index contributed by atoms with van der Waals surface area (Å²) < 4.78 is 13.4. The number of urea groups is 1. The van der Waals surface area contributed by atoms with Crippen molar-refractivity contribution in [2.75, 3.05) is 0 Å². The van der Waals surface area contributed by atoms with Gasteiger partial charge >= 0.3 is 12.0 Å². The van der Waals surface area contributed by atoms with Crippen LogP contribution in [0, 0.1) is 5.82 Å². The molecule has 0 bridgehead atoms. The van der Waals surface area contributed by atoms with Crippen molar-refractivity contribution in [3.05, 3.63) is 35.6 Å². The largest absolute Gasteiger partial charge is 0.480 e. The molecule has 1 aliphatic rings. The van der Waals surface area contributed by atoms with E-state index in [2.05, 4.69) is 10.6 Å². The van der Waals surface area contributed by atoms with E-state index in [0.717, 1.165) is 19.3 Å². The lowest BCUT2D eigenvalue weighted by molar-refractivity contribution is -0.145. The zero-order valence-electron chi connectivity index (χ0n) is 11.7. The predicted octanol–water partition coefficient (Wildman–Crippen LogP) is 2.41. The van der Waals surface area contributed by atoms with Crippen LogP contribution in [-0.4, -0.2) is 22.6 Å². The van der Waals surface area contributed by atoms with Gasteiger partial charge in [-0.2, -0.15) is 0 Å². The molecule has 1 saturated carbocycles. The molecule has 21 heavy (non-hydrogen) atoms. The second-order valence-corrected chi connectivity index (χ2v) is 5.35. The fourth-order valence-corrected chi connectivity index (χ4v) is 2.63. The minimum Gasteiger partial charge on any atom is -0.480 e. The van der Waals surface area contributed by atoms with Crippen molar-refractivity contribution < 1.29 is 19.1 Å². The van der Waals surface area contributed by atoms with E-state index in [1.54, 1.807) is 18.2 Å². The summed E-state index contributed by atoms with van der Waals surface area (Å²) in [4.78, 5) is 23.3. The molecule has 0 unspecified atom stereocenters. The van der Waals surface area contributed by atoms with Crippen LogP contribution in [0.4, 0.5) is 9.18 Å². The minimum atomic E-state index is -1.20. The first kappa shape index (κ1) is 15.3. The number of carbonyl (C=O) groups excluding carboxylic acids is 1. The third kappa shape index (κ3) is 3.71. The van der Waals surface area contributed by atoms with Gasteiger partial charge in [0.05, 0.1) is 0 Å². The molecule has 2 amide bonds. The van der Waals surface area contributed by atoms with Crippen LogP contribution in [0.15, 0.2) is 24.3 Å². The Hall–Kier alpha value is -2.11. The van der Waals surface area contributed by atoms with Crippen LogP contribution in [0.25, 0.3) is 0 Å². The van der Waals surface area contributed by atoms with E-state index in [9.17, 15) is 19.1 Å². The third-order valence-electron chi connectivity index (χ3n) is 3.87. The lowest BCUT2D eigenvalue weighted by atomic mass is 9.82. The highest BCUT2D eigenvalue weighted by Gasteiger charge is 2.40. The van der Waals surface area contributed by atoms with E-state index in [1.165, 1.54) is 6.07 Å². The highest BCUT2D eigenvalue weighted by atomic mass is 19.1. The molecule has 6 heteroatoms. The summed E-state index contributed by atoms with van der Waals surface area (Å²) in [5, 5.41) is 14.4. The lowest BCUT2D eigenvalue weighted by Gasteiger charge is -2.33. The molecule has 1 aromatic carbocycles. The maximum Gasteiger partial charge on any atom is 0.329 e. The molecule has 0 aliphatic heterocycles. The average Bonchev–Trinajstić information content (AvgIpc) is 2.47. The number of carboxylic acid groups (broad SMARTS) is 1. The molecule has 2 rings (SSSR count). The monoisotopic (exact) mass is 294 g/mol. The summed E-state index contributed by atoms with van der Waals surface area (Å²) >= 11 is 0. The standard InChI is InChI=1S/C15H19FN2O3/c16-12-7-3-2-6-11(12)10-17-14(21)18-15(13(19)20)8-4-1-5-9-15/h2-3,6-7H,1,4-5,8-10H2,(H,19,20)(H2,17,18,21). The Kier molecular flexibility index (Phi) is 4.77. The molecule has 1 fully saturated rings. The second-order valence-electron chi connectivity index (χ2n) is 5.35. The van der Waals surface area contributed by atoms with Gasteiger partial charge in [0.2, 0.25) is 0 Å². The van der Waals surface area contributed by atoms with Gasteiger partial charge in [-0.25, -0.2) is 14.0 Å². The molecule has 5 nitrogen and oxygen atoms in total. The zero-order valence-corrected chi connectivity index (χ0v) is 11.7. The Morgan fingerprint density at radius 3 is 2.48 bits per heavy atom. The number of carboxylic acids is 1. The number of nitrogens with one attached hydrogen (secondary N) is 2. The van der Waals surface area contributed by atoms with Crippen molar-refractivity contribution in [3.63, 3.8) is 0 Å². The fourth-order valence-electron chi connectivity index (χ4n) is 2.63. The van der Waals surface area contributed by atoms with Crippen molar-refractivity contribution in [1.82, 2.24) is 10.6 Å². The molecule has 1 aromatic rings. The van der Waals surface area contributed by atoms with Gasteiger partial charge in [0.1, 0.15) is 11.4 Å². The van der Waals surface area contributed by atoms with Gasteiger partial charge in [-0.15, -0.1) is 0 Å². The molecule has 0 saturated heterocycles. The highest BCUT2D eigenvalue weighted by molar-refractivity contribution is 5.86. The first-order valence-electron chi connectivity index (χ1n) is 7.06. The molecule has 0 aromatic heterocycles. The molecule has 0 atom stereocenters. The first-order valence-corrected chi connectivity index (χ1v) is 7.06. The second kappa shape index (κ2) is 6.56. The molecule has 1 aliphatic carbocycles. The van der Waals surface area contributed by atoms with Crippen molar-refractivity contribution in [3.8, 4) is 0 Å². The number of aliphatic carboxylic acids is 1. The summed E-state index contributed by atoms with van der Waals surface area (Å²) in [6.07, 6.45) is 3.39. The normalized spacial score (nSPS) is 17.0. The number of rotatable bonds is 4. The van der Waals surface area contributed by atoms with Crippen molar-refractivity contribution in [2.45, 2.75) is 44.2 Å². The summed E-state index contributed by atoms with van der Waals surface area (Å²) in [5.74, 6) is -1.41. The van der Waals surface area contributed by atoms with E-state index in [4.69, 9.17) is 0 Å². The van der Waals surface area contributed by atoms with Gasteiger partial charge in [0.15, 0.2) is 0 Å². The van der Waals surface area contributed by atoms with Gasteiger partial charge in [0, 0.05) is 12.1 Å². The van der Waals surface area contributed by atoms with Gasteiger partial charge < -0.3 is 15.7 Å². The molecule has 0 spiro atoms. The van der Waals surface area contributed by atoms with Crippen molar-refractivity contribution in [2.24, 2.45) is 0 Å². The quantitative estimate of drug-likeness (QED) is 0.798. The molecular weight excluding hydrogens is 275 g/mol. The van der Waals surface area contributed by atoms with Crippen LogP contribution in [0.3, 0.4) is 0 Å². The van der Waals surface area contributed by atoms with Crippen LogP contribution in [0.1, 0.15) is 37.7 Å². The minimum absolute atomic E-state index is 0.0220. The zero-order chi connectivity index (χ0) is 15.3. The van der Waals surface area contributed by atoms with Gasteiger partial charge in [-0.1, -0.05) is 37.5 Å². The van der Waals surface area contributed by atoms with Gasteiger partial charge in [0.25, 0.3) is 0 Å². The van der Waals surface area contributed by atoms with E-state index >= 15 is 0 Å². The number of carbonyl (C=O) groups is 2. The van der Waals surface area contributed by atoms with Gasteiger partial charge in [-0.05, 0) is 18.9 Å². The number of amides is 2. The molecule has 0 heterocycles. The maximum absolute atomic E-state index is 13.4. The van der Waals surface area contributed by atoms with Crippen LogP contribution in [-0.2, 0) is 11.3 Å². The summed E-state index contributed by atoms with van der Waals surface area (Å²) in [7, 11) is 0. The number of benzene rings is 1. The fraction of sp³-hybridized carbons (Fsp3) is 0.467. The first-order chi connectivity index (χ1) is 10.0. The van der Waals surface area contributed by atoms with E-state index in [1.807, 2.05) is 0 Å². The third-order valence-corrected chi connectivity index (χ3v) is 3.87. The van der Waals surface area contributed by atoms with E-state index in [-0.39, 0.29) is 6.54 Å². The molecule has 114 valence electrons. The molecular formula is C15H19FN2O3. The SMILES string of the molecule is O=C(NCc1ccccc1F)NC1(C(=O)O)CCCCC1. The number of hydrogen-bond acceptors (Lipinski definition) is 2. The van der Waals surface area contributed by atoms with Crippen LogP contribution in [0.2, 0.25) is 0 Å². The Morgan fingerprint density at radius 2 is 1.86 bits per heavy atom. The average molecular weight is 294 g/mol. The van der Waals surface area contributed by atoms with E-state index < -0.39 is 23.4 Å². The number of halogens is 1. The van der Waals surface area contributed by atoms with Crippen LogP contribution < -0.4 is 10.6 Å². The Bertz CT molecular complexity index is 527. The topological polar surface area (TPSA) is 78.4 Å². The summed E-state index contributed by atoms with van der Waals surface area (Å²) in [6, 6.07) is 5.55. The lowest BCUT2D eigenvalue weighted by Crippen LogP contribution is -2.57. The Labute approximate surface area is 122 Å². The number of hydrogen-bond donors (Lipinski definition) is 3. The highest BCUT2D eigenvalue weighted by Crippen LogP contribution is 2.28. The molecule has 0 radical (unpaired) electrons. The maximum atomic E-state index is 13.4. The predicted molar refractivity (Wildman–Crippen MR) is 75.2 cm³/mol. The van der Waals surface area contributed by atoms with Crippen LogP contribution >= 0.6 is 0 Å². The summed E-state index contributed by atoms with van der Waals surface area (Å²) in [5.41, 5.74) is -0.835. The summed E-state index contributed by atoms with van der Waals surface area (Å²) in [6.45, 7) is 0.0220. The smallest absolute Gasteiger partial charge is 0.329 e. The van der Waals surface area contributed by atoms with Crippen LogP contribution in [0.5, 0.6) is 0 Å². The Balaban J connectivity index is 1.94. The van der Waals surface area contributed by atoms with E-state index in [0.29, 0.717) is 18.4 Å². The Morgan fingerprint density at radius 1 is 1.19 bits per heavy atom. The van der Waals surface area contributed by atoms with Crippen molar-refractivity contribution >= 4 is 12.0 Å². The molecule has 3 N–H and O–H groups in total.